The van der Waals surface area contributed by atoms with E-state index in [0.717, 1.165) is 11.3 Å². The average Bonchev–Trinajstić information content (AvgIpc) is 2.59. The first kappa shape index (κ1) is 20.0. The predicted molar refractivity (Wildman–Crippen MR) is 102 cm³/mol. The van der Waals surface area contributed by atoms with Gasteiger partial charge in [0.2, 0.25) is 5.91 Å². The number of carbonyl (C=O) groups excluding carboxylic acids is 1. The summed E-state index contributed by atoms with van der Waals surface area (Å²) < 4.78 is 28.6. The third-order valence-corrected chi connectivity index (χ3v) is 5.15. The lowest BCUT2D eigenvalue weighted by Crippen LogP contribution is -2.26. The Labute approximate surface area is 155 Å². The fraction of sp³-hybridized carbons (Fsp3) is 0.350. The lowest BCUT2D eigenvalue weighted by atomic mass is 10.1. The molecule has 6 heteroatoms. The standard InChI is InChI=1S/C20H25NO4S/c1-15-6-10-18(11-7-15)25-14-4-5-20(22)21-16(2)17-8-12-19(13-9-17)26(3,23)24/h6-13,16H,4-5,14H2,1-3H3,(H,21,22)/t16-/m0/s1. The van der Waals surface area contributed by atoms with E-state index < -0.39 is 9.84 Å². The van der Waals surface area contributed by atoms with Gasteiger partial charge in [0.05, 0.1) is 17.5 Å². The molecule has 2 aromatic rings. The number of amides is 1. The van der Waals surface area contributed by atoms with E-state index in [2.05, 4.69) is 5.32 Å². The average molecular weight is 375 g/mol. The third kappa shape index (κ3) is 6.19. The predicted octanol–water partition coefficient (Wildman–Crippen LogP) is 3.43. The summed E-state index contributed by atoms with van der Waals surface area (Å²) in [7, 11) is -3.21. The third-order valence-electron chi connectivity index (χ3n) is 4.02. The van der Waals surface area contributed by atoms with Crippen LogP contribution in [0.15, 0.2) is 53.4 Å². The molecule has 1 atom stereocenters. The molecule has 0 radical (unpaired) electrons. The maximum Gasteiger partial charge on any atom is 0.220 e. The number of carbonyl (C=O) groups is 1. The van der Waals surface area contributed by atoms with Crippen LogP contribution >= 0.6 is 0 Å². The summed E-state index contributed by atoms with van der Waals surface area (Å²) in [4.78, 5) is 12.3. The van der Waals surface area contributed by atoms with Gasteiger partial charge < -0.3 is 10.1 Å². The van der Waals surface area contributed by atoms with E-state index in [1.54, 1.807) is 24.3 Å². The van der Waals surface area contributed by atoms with Crippen LogP contribution in [0, 0.1) is 6.92 Å². The molecule has 5 nitrogen and oxygen atoms in total. The Morgan fingerprint density at radius 3 is 2.27 bits per heavy atom. The highest BCUT2D eigenvalue weighted by Gasteiger charge is 2.11. The first-order valence-electron chi connectivity index (χ1n) is 8.54. The van der Waals surface area contributed by atoms with E-state index in [1.807, 2.05) is 38.1 Å². The molecule has 0 aromatic heterocycles. The quantitative estimate of drug-likeness (QED) is 0.718. The summed E-state index contributed by atoms with van der Waals surface area (Å²) in [5, 5.41) is 2.92. The number of rotatable bonds is 8. The van der Waals surface area contributed by atoms with Crippen molar-refractivity contribution in [2.45, 2.75) is 37.6 Å². The number of hydrogen-bond acceptors (Lipinski definition) is 4. The summed E-state index contributed by atoms with van der Waals surface area (Å²) in [5.41, 5.74) is 2.04. The van der Waals surface area contributed by atoms with Crippen molar-refractivity contribution in [2.75, 3.05) is 12.9 Å². The monoisotopic (exact) mass is 375 g/mol. The molecule has 0 aliphatic carbocycles. The maximum absolute atomic E-state index is 12.0. The SMILES string of the molecule is Cc1ccc(OCCCC(=O)N[C@@H](C)c2ccc(S(C)(=O)=O)cc2)cc1. The van der Waals surface area contributed by atoms with Crippen LogP contribution in [0.4, 0.5) is 0 Å². The Morgan fingerprint density at radius 2 is 1.69 bits per heavy atom. The van der Waals surface area contributed by atoms with Crippen molar-refractivity contribution in [3.05, 3.63) is 59.7 Å². The highest BCUT2D eigenvalue weighted by molar-refractivity contribution is 7.90. The van der Waals surface area contributed by atoms with Gasteiger partial charge in [-0.2, -0.15) is 0 Å². The van der Waals surface area contributed by atoms with Crippen molar-refractivity contribution in [1.29, 1.82) is 0 Å². The van der Waals surface area contributed by atoms with Crippen LogP contribution in [0.2, 0.25) is 0 Å². The zero-order valence-electron chi connectivity index (χ0n) is 15.4. The molecule has 0 unspecified atom stereocenters. The first-order chi connectivity index (χ1) is 12.3. The second kappa shape index (κ2) is 8.85. The van der Waals surface area contributed by atoms with Crippen LogP contribution in [-0.4, -0.2) is 27.2 Å². The van der Waals surface area contributed by atoms with Gasteiger partial charge >= 0.3 is 0 Å². The topological polar surface area (TPSA) is 72.5 Å². The summed E-state index contributed by atoms with van der Waals surface area (Å²) in [6.45, 7) is 4.37. The van der Waals surface area contributed by atoms with Crippen LogP contribution in [0.3, 0.4) is 0 Å². The van der Waals surface area contributed by atoms with Gasteiger partial charge in [-0.15, -0.1) is 0 Å². The molecule has 2 rings (SSSR count). The number of benzene rings is 2. The summed E-state index contributed by atoms with van der Waals surface area (Å²) in [5.74, 6) is 0.743. The molecule has 140 valence electrons. The molecule has 0 bridgehead atoms. The van der Waals surface area contributed by atoms with Crippen LogP contribution in [0.1, 0.15) is 36.9 Å². The fourth-order valence-corrected chi connectivity index (χ4v) is 3.09. The van der Waals surface area contributed by atoms with Gasteiger partial charge in [-0.3, -0.25) is 4.79 Å². The highest BCUT2D eigenvalue weighted by Crippen LogP contribution is 2.16. The molecule has 0 heterocycles. The lowest BCUT2D eigenvalue weighted by Gasteiger charge is -2.15. The van der Waals surface area contributed by atoms with E-state index in [4.69, 9.17) is 4.74 Å². The van der Waals surface area contributed by atoms with Crippen molar-refractivity contribution in [3.63, 3.8) is 0 Å². The lowest BCUT2D eigenvalue weighted by molar-refractivity contribution is -0.121. The minimum atomic E-state index is -3.21. The second-order valence-corrected chi connectivity index (χ2v) is 8.41. The van der Waals surface area contributed by atoms with Crippen molar-refractivity contribution in [1.82, 2.24) is 5.32 Å². The number of hydrogen-bond donors (Lipinski definition) is 1. The number of nitrogens with one attached hydrogen (secondary N) is 1. The van der Waals surface area contributed by atoms with E-state index in [9.17, 15) is 13.2 Å². The molecular weight excluding hydrogens is 350 g/mol. The molecule has 1 N–H and O–H groups in total. The first-order valence-corrected chi connectivity index (χ1v) is 10.4. The Kier molecular flexibility index (Phi) is 6.80. The fourth-order valence-electron chi connectivity index (χ4n) is 2.46. The van der Waals surface area contributed by atoms with Crippen LogP contribution in [-0.2, 0) is 14.6 Å². The second-order valence-electron chi connectivity index (χ2n) is 6.40. The van der Waals surface area contributed by atoms with Crippen LogP contribution in [0.5, 0.6) is 5.75 Å². The Balaban J connectivity index is 1.75. The van der Waals surface area contributed by atoms with Crippen molar-refractivity contribution >= 4 is 15.7 Å². The minimum absolute atomic E-state index is 0.0582. The van der Waals surface area contributed by atoms with Gasteiger partial charge in [0, 0.05) is 12.7 Å². The van der Waals surface area contributed by atoms with E-state index in [0.29, 0.717) is 19.4 Å². The molecule has 0 saturated heterocycles. The molecular formula is C20H25NO4S. The Morgan fingerprint density at radius 1 is 1.08 bits per heavy atom. The molecule has 0 aliphatic heterocycles. The van der Waals surface area contributed by atoms with E-state index in [-0.39, 0.29) is 16.8 Å². The summed E-state index contributed by atoms with van der Waals surface area (Å²) in [6.07, 6.45) is 2.17. The smallest absolute Gasteiger partial charge is 0.220 e. The highest BCUT2D eigenvalue weighted by atomic mass is 32.2. The normalized spacial score (nSPS) is 12.4. The van der Waals surface area contributed by atoms with Crippen molar-refractivity contribution in [3.8, 4) is 5.75 Å². The maximum atomic E-state index is 12.0. The molecule has 0 fully saturated rings. The number of aryl methyl sites for hydroxylation is 1. The van der Waals surface area contributed by atoms with Gasteiger partial charge in [0.1, 0.15) is 5.75 Å². The van der Waals surface area contributed by atoms with Gasteiger partial charge in [-0.05, 0) is 50.1 Å². The molecule has 26 heavy (non-hydrogen) atoms. The molecule has 0 saturated carbocycles. The van der Waals surface area contributed by atoms with Crippen molar-refractivity contribution < 1.29 is 17.9 Å². The zero-order chi connectivity index (χ0) is 19.2. The minimum Gasteiger partial charge on any atom is -0.494 e. The molecule has 0 aliphatic rings. The van der Waals surface area contributed by atoms with Gasteiger partial charge in [0.15, 0.2) is 9.84 Å². The summed E-state index contributed by atoms with van der Waals surface area (Å²) >= 11 is 0. The van der Waals surface area contributed by atoms with Gasteiger partial charge in [-0.25, -0.2) is 8.42 Å². The Hall–Kier alpha value is -2.34. The van der Waals surface area contributed by atoms with E-state index >= 15 is 0 Å². The molecule has 0 spiro atoms. The molecule has 1 amide bonds. The van der Waals surface area contributed by atoms with Gasteiger partial charge in [0.25, 0.3) is 0 Å². The molecule has 2 aromatic carbocycles. The van der Waals surface area contributed by atoms with E-state index in [1.165, 1.54) is 11.8 Å². The van der Waals surface area contributed by atoms with Crippen LogP contribution in [0.25, 0.3) is 0 Å². The zero-order valence-corrected chi connectivity index (χ0v) is 16.2. The van der Waals surface area contributed by atoms with Gasteiger partial charge in [-0.1, -0.05) is 29.8 Å². The number of sulfone groups is 1. The largest absolute Gasteiger partial charge is 0.494 e. The Bertz CT molecular complexity index is 827. The summed E-state index contributed by atoms with van der Waals surface area (Å²) in [6, 6.07) is 14.2. The van der Waals surface area contributed by atoms with Crippen LogP contribution < -0.4 is 10.1 Å². The number of ether oxygens (including phenoxy) is 1. The van der Waals surface area contributed by atoms with Crippen molar-refractivity contribution in [2.24, 2.45) is 0 Å².